The van der Waals surface area contributed by atoms with Crippen LogP contribution in [0.25, 0.3) is 0 Å². The fourth-order valence-electron chi connectivity index (χ4n) is 2.70. The summed E-state index contributed by atoms with van der Waals surface area (Å²) in [6.07, 6.45) is -0.770. The summed E-state index contributed by atoms with van der Waals surface area (Å²) in [5.41, 5.74) is 1.18. The Hall–Kier alpha value is -2.59. The molecule has 1 heterocycles. The molecular weight excluding hydrogens is 391 g/mol. The number of amides is 2. The highest BCUT2D eigenvalue weighted by atomic mass is 35.5. The van der Waals surface area contributed by atoms with Crippen LogP contribution >= 0.6 is 23.2 Å². The van der Waals surface area contributed by atoms with Crippen molar-refractivity contribution >= 4 is 35.0 Å². The van der Waals surface area contributed by atoms with Crippen LogP contribution in [0.5, 0.6) is 5.75 Å². The van der Waals surface area contributed by atoms with Gasteiger partial charge in [0.15, 0.2) is 0 Å². The molecule has 2 aromatic carbocycles. The van der Waals surface area contributed by atoms with E-state index in [1.165, 1.54) is 12.1 Å². The lowest BCUT2D eigenvalue weighted by molar-refractivity contribution is 0.0457. The predicted octanol–water partition coefficient (Wildman–Crippen LogP) is 3.10. The van der Waals surface area contributed by atoms with Gasteiger partial charge in [-0.3, -0.25) is 14.5 Å². The molecule has 138 valence electrons. The molecule has 0 spiro atoms. The lowest BCUT2D eigenvalue weighted by Gasteiger charge is -2.19. The molecule has 0 radical (unpaired) electrons. The number of carbonyl (C=O) groups is 2. The minimum atomic E-state index is -1.07. The van der Waals surface area contributed by atoms with Gasteiger partial charge in [0.05, 0.1) is 40.2 Å². The number of imide groups is 1. The largest absolute Gasteiger partial charge is 0.491 e. The van der Waals surface area contributed by atoms with E-state index in [1.54, 1.807) is 24.3 Å². The maximum atomic E-state index is 12.4. The van der Waals surface area contributed by atoms with Crippen LogP contribution in [0, 0.1) is 11.3 Å². The Morgan fingerprint density at radius 3 is 2.15 bits per heavy atom. The zero-order valence-electron chi connectivity index (χ0n) is 14.0. The van der Waals surface area contributed by atoms with Gasteiger partial charge >= 0.3 is 0 Å². The van der Waals surface area contributed by atoms with Crippen molar-refractivity contribution in [1.82, 2.24) is 4.90 Å². The predicted molar refractivity (Wildman–Crippen MR) is 99.1 cm³/mol. The number of hydrogen-bond donors (Lipinski definition) is 1. The Balaban J connectivity index is 1.61. The second-order valence-electron chi connectivity index (χ2n) is 5.98. The van der Waals surface area contributed by atoms with Crippen LogP contribution in [0.15, 0.2) is 36.4 Å². The molecule has 0 saturated carbocycles. The third-order valence-electron chi connectivity index (χ3n) is 4.05. The van der Waals surface area contributed by atoms with Gasteiger partial charge in [0.2, 0.25) is 0 Å². The molecule has 1 atom stereocenters. The summed E-state index contributed by atoms with van der Waals surface area (Å²) in [5, 5.41) is 19.2. The molecule has 2 aromatic rings. The zero-order valence-corrected chi connectivity index (χ0v) is 15.5. The summed E-state index contributed by atoms with van der Waals surface area (Å²) in [7, 11) is 0. The summed E-state index contributed by atoms with van der Waals surface area (Å²) < 4.78 is 5.47. The Kier molecular flexibility index (Phi) is 5.66. The van der Waals surface area contributed by atoms with Crippen molar-refractivity contribution in [2.75, 3.05) is 13.2 Å². The van der Waals surface area contributed by atoms with Crippen LogP contribution in [-0.2, 0) is 6.42 Å². The minimum Gasteiger partial charge on any atom is -0.491 e. The van der Waals surface area contributed by atoms with Crippen LogP contribution < -0.4 is 4.74 Å². The van der Waals surface area contributed by atoms with Crippen LogP contribution in [0.2, 0.25) is 10.0 Å². The zero-order chi connectivity index (χ0) is 19.6. The number of hydrogen-bond acceptors (Lipinski definition) is 5. The van der Waals surface area contributed by atoms with Crippen LogP contribution in [-0.4, -0.2) is 41.1 Å². The molecule has 0 aliphatic carbocycles. The topological polar surface area (TPSA) is 90.6 Å². The molecule has 1 N–H and O–H groups in total. The van der Waals surface area contributed by atoms with Gasteiger partial charge in [0.25, 0.3) is 11.8 Å². The normalized spacial score (nSPS) is 14.1. The molecule has 8 heteroatoms. The molecular formula is C19H14Cl2N2O4. The Morgan fingerprint density at radius 2 is 1.63 bits per heavy atom. The van der Waals surface area contributed by atoms with Gasteiger partial charge in [0, 0.05) is 0 Å². The number of carbonyl (C=O) groups excluding carboxylic acids is 2. The van der Waals surface area contributed by atoms with E-state index in [-0.39, 0.29) is 34.3 Å². The van der Waals surface area contributed by atoms with E-state index in [1.807, 2.05) is 0 Å². The Labute approximate surface area is 165 Å². The van der Waals surface area contributed by atoms with Crippen molar-refractivity contribution in [1.29, 1.82) is 5.26 Å². The summed E-state index contributed by atoms with van der Waals surface area (Å²) in [5.74, 6) is -0.557. The smallest absolute Gasteiger partial charge is 0.261 e. The monoisotopic (exact) mass is 404 g/mol. The summed E-state index contributed by atoms with van der Waals surface area (Å²) in [6, 6.07) is 11.6. The number of rotatable bonds is 6. The first-order valence-electron chi connectivity index (χ1n) is 8.02. The number of aliphatic hydroxyl groups excluding tert-OH is 1. The lowest BCUT2D eigenvalue weighted by Crippen LogP contribution is -2.39. The SMILES string of the molecule is N#CCc1ccc(OC[C@@H](O)CN2C(=O)c3cc(Cl)c(Cl)cc3C2=O)cc1. The van der Waals surface area contributed by atoms with E-state index < -0.39 is 17.9 Å². The number of halogens is 2. The van der Waals surface area contributed by atoms with Crippen molar-refractivity contribution in [2.45, 2.75) is 12.5 Å². The molecule has 2 amide bonds. The third-order valence-corrected chi connectivity index (χ3v) is 4.78. The molecule has 1 aliphatic heterocycles. The molecule has 6 nitrogen and oxygen atoms in total. The maximum absolute atomic E-state index is 12.4. The Bertz CT molecular complexity index is 897. The lowest BCUT2D eigenvalue weighted by atomic mass is 10.1. The molecule has 0 unspecified atom stereocenters. The van der Waals surface area contributed by atoms with Gasteiger partial charge in [-0.05, 0) is 29.8 Å². The van der Waals surface area contributed by atoms with Gasteiger partial charge in [-0.15, -0.1) is 0 Å². The average Bonchev–Trinajstić information content (AvgIpc) is 2.86. The summed E-state index contributed by atoms with van der Waals surface area (Å²) in [6.45, 7) is -0.319. The van der Waals surface area contributed by atoms with Crippen LogP contribution in [0.4, 0.5) is 0 Å². The fourth-order valence-corrected chi connectivity index (χ4v) is 3.03. The molecule has 27 heavy (non-hydrogen) atoms. The fraction of sp³-hybridized carbons (Fsp3) is 0.211. The van der Waals surface area contributed by atoms with Gasteiger partial charge in [-0.2, -0.15) is 5.26 Å². The van der Waals surface area contributed by atoms with E-state index in [2.05, 4.69) is 6.07 Å². The Morgan fingerprint density at radius 1 is 1.07 bits per heavy atom. The third kappa shape index (κ3) is 4.06. The van der Waals surface area contributed by atoms with Crippen molar-refractivity contribution in [3.63, 3.8) is 0 Å². The summed E-state index contributed by atoms with van der Waals surface area (Å²) in [4.78, 5) is 25.8. The van der Waals surface area contributed by atoms with Crippen molar-refractivity contribution in [3.8, 4) is 11.8 Å². The second kappa shape index (κ2) is 7.97. The maximum Gasteiger partial charge on any atom is 0.261 e. The molecule has 3 rings (SSSR count). The van der Waals surface area contributed by atoms with Gasteiger partial charge in [-0.25, -0.2) is 0 Å². The van der Waals surface area contributed by atoms with E-state index >= 15 is 0 Å². The number of benzene rings is 2. The second-order valence-corrected chi connectivity index (χ2v) is 6.79. The molecule has 0 fully saturated rings. The first-order valence-corrected chi connectivity index (χ1v) is 8.78. The van der Waals surface area contributed by atoms with Crippen LogP contribution in [0.3, 0.4) is 0 Å². The van der Waals surface area contributed by atoms with E-state index in [0.717, 1.165) is 10.5 Å². The first-order chi connectivity index (χ1) is 12.9. The highest BCUT2D eigenvalue weighted by molar-refractivity contribution is 6.43. The van der Waals surface area contributed by atoms with Gasteiger partial charge < -0.3 is 9.84 Å². The quantitative estimate of drug-likeness (QED) is 0.746. The number of ether oxygens (including phenoxy) is 1. The number of β-amino-alcohol motifs (C(OH)–C–C–N with tert-alkyl or cyclic N) is 1. The van der Waals surface area contributed by atoms with E-state index in [9.17, 15) is 14.7 Å². The molecule has 0 aromatic heterocycles. The summed E-state index contributed by atoms with van der Waals surface area (Å²) >= 11 is 11.8. The average molecular weight is 405 g/mol. The highest BCUT2D eigenvalue weighted by Crippen LogP contribution is 2.31. The molecule has 0 saturated heterocycles. The van der Waals surface area contributed by atoms with Gasteiger partial charge in [0.1, 0.15) is 18.5 Å². The molecule has 1 aliphatic rings. The highest BCUT2D eigenvalue weighted by Gasteiger charge is 2.37. The van der Waals surface area contributed by atoms with E-state index in [0.29, 0.717) is 12.2 Å². The molecule has 0 bridgehead atoms. The van der Waals surface area contributed by atoms with Crippen molar-refractivity contribution < 1.29 is 19.4 Å². The standard InChI is InChI=1S/C19H14Cl2N2O4/c20-16-7-14-15(8-17(16)21)19(26)23(18(14)25)9-12(24)10-27-13-3-1-11(2-4-13)5-6-22/h1-4,7-8,12,24H,5,9-10H2/t12-/m0/s1. The van der Waals surface area contributed by atoms with Crippen molar-refractivity contribution in [2.24, 2.45) is 0 Å². The minimum absolute atomic E-state index is 0.105. The number of fused-ring (bicyclic) bond motifs is 1. The first kappa shape index (κ1) is 19.2. The van der Waals surface area contributed by atoms with E-state index in [4.69, 9.17) is 33.2 Å². The van der Waals surface area contributed by atoms with Crippen LogP contribution in [0.1, 0.15) is 26.3 Å². The number of nitriles is 1. The van der Waals surface area contributed by atoms with Gasteiger partial charge in [-0.1, -0.05) is 35.3 Å². The van der Waals surface area contributed by atoms with Crippen molar-refractivity contribution in [3.05, 3.63) is 63.1 Å². The number of nitrogens with zero attached hydrogens (tertiary/aromatic N) is 2. The number of aliphatic hydroxyl groups is 1.